The van der Waals surface area contributed by atoms with Crippen LogP contribution >= 0.6 is 11.6 Å². The molecular weight excluding hydrogens is 250 g/mol. The number of nitrogens with two attached hydrogens (primary N) is 1. The summed E-state index contributed by atoms with van der Waals surface area (Å²) >= 11 is 5.88. The van der Waals surface area contributed by atoms with Crippen molar-refractivity contribution in [3.8, 4) is 0 Å². The number of nitrogen functional groups attached to an aromatic ring is 1. The SMILES string of the molecule is CC1CN2CCCC2CN1c1nc(Cl)ncc1N. The summed E-state index contributed by atoms with van der Waals surface area (Å²) in [6.07, 6.45) is 4.16. The van der Waals surface area contributed by atoms with E-state index in [1.165, 1.54) is 19.4 Å². The Kier molecular flexibility index (Phi) is 3.03. The molecule has 0 bridgehead atoms. The Balaban J connectivity index is 1.88. The molecule has 2 saturated heterocycles. The standard InChI is InChI=1S/C12H18ClN5/c1-8-6-17-4-2-3-9(17)7-18(8)11-10(14)5-15-12(13)16-11/h5,8-9H,2-4,6-7,14H2,1H3. The van der Waals surface area contributed by atoms with E-state index in [2.05, 4.69) is 26.7 Å². The molecule has 2 fully saturated rings. The zero-order valence-electron chi connectivity index (χ0n) is 10.5. The molecule has 6 heteroatoms. The molecule has 2 atom stereocenters. The number of hydrogen-bond donors (Lipinski definition) is 1. The lowest BCUT2D eigenvalue weighted by atomic mass is 10.1. The minimum absolute atomic E-state index is 0.264. The molecule has 2 aliphatic heterocycles. The fourth-order valence-electron chi connectivity index (χ4n) is 3.07. The Bertz CT molecular complexity index is 452. The normalized spacial score (nSPS) is 28.4. The minimum Gasteiger partial charge on any atom is -0.394 e. The number of fused-ring (bicyclic) bond motifs is 1. The van der Waals surface area contributed by atoms with Crippen molar-refractivity contribution in [2.45, 2.75) is 31.8 Å². The Morgan fingerprint density at radius 1 is 1.44 bits per heavy atom. The molecule has 0 aromatic carbocycles. The molecule has 0 amide bonds. The summed E-state index contributed by atoms with van der Waals surface area (Å²) in [5, 5.41) is 0.264. The number of anilines is 2. The van der Waals surface area contributed by atoms with Gasteiger partial charge in [0.2, 0.25) is 5.28 Å². The zero-order valence-corrected chi connectivity index (χ0v) is 11.3. The largest absolute Gasteiger partial charge is 0.394 e. The second kappa shape index (κ2) is 4.55. The van der Waals surface area contributed by atoms with Crippen molar-refractivity contribution in [1.82, 2.24) is 14.9 Å². The van der Waals surface area contributed by atoms with Gasteiger partial charge in [0.25, 0.3) is 0 Å². The van der Waals surface area contributed by atoms with Gasteiger partial charge in [-0.1, -0.05) is 0 Å². The summed E-state index contributed by atoms with van der Waals surface area (Å²) in [6, 6.07) is 1.04. The van der Waals surface area contributed by atoms with Crippen LogP contribution in [0.3, 0.4) is 0 Å². The van der Waals surface area contributed by atoms with E-state index in [-0.39, 0.29) is 5.28 Å². The van der Waals surface area contributed by atoms with Crippen LogP contribution in [-0.4, -0.2) is 46.6 Å². The van der Waals surface area contributed by atoms with E-state index in [0.717, 1.165) is 18.9 Å². The molecule has 5 nitrogen and oxygen atoms in total. The summed E-state index contributed by atoms with van der Waals surface area (Å²) in [6.45, 7) is 5.50. The number of aromatic nitrogens is 2. The molecule has 0 saturated carbocycles. The minimum atomic E-state index is 0.264. The van der Waals surface area contributed by atoms with E-state index in [1.54, 1.807) is 6.20 Å². The van der Waals surface area contributed by atoms with Gasteiger partial charge in [0.15, 0.2) is 5.82 Å². The van der Waals surface area contributed by atoms with Gasteiger partial charge in [-0.05, 0) is 37.9 Å². The number of hydrogen-bond acceptors (Lipinski definition) is 5. The van der Waals surface area contributed by atoms with Gasteiger partial charge in [0.05, 0.1) is 11.9 Å². The summed E-state index contributed by atoms with van der Waals surface area (Å²) in [5.74, 6) is 0.786. The molecule has 3 rings (SSSR count). The quantitative estimate of drug-likeness (QED) is 0.779. The van der Waals surface area contributed by atoms with Gasteiger partial charge in [-0.25, -0.2) is 4.98 Å². The van der Waals surface area contributed by atoms with Crippen molar-refractivity contribution >= 4 is 23.1 Å². The lowest BCUT2D eigenvalue weighted by Crippen LogP contribution is -2.55. The molecule has 2 aliphatic rings. The van der Waals surface area contributed by atoms with Crippen molar-refractivity contribution in [2.24, 2.45) is 0 Å². The number of halogens is 1. The third-order valence-electron chi connectivity index (χ3n) is 3.98. The van der Waals surface area contributed by atoms with Gasteiger partial charge in [-0.15, -0.1) is 0 Å². The van der Waals surface area contributed by atoms with Crippen LogP contribution in [0.1, 0.15) is 19.8 Å². The lowest BCUT2D eigenvalue weighted by Gasteiger charge is -2.43. The molecule has 0 radical (unpaired) electrons. The summed E-state index contributed by atoms with van der Waals surface area (Å²) in [7, 11) is 0. The molecule has 0 spiro atoms. The zero-order chi connectivity index (χ0) is 12.7. The van der Waals surface area contributed by atoms with E-state index in [4.69, 9.17) is 17.3 Å². The van der Waals surface area contributed by atoms with E-state index in [9.17, 15) is 0 Å². The summed E-state index contributed by atoms with van der Waals surface area (Å²) in [5.41, 5.74) is 6.59. The Morgan fingerprint density at radius 2 is 2.28 bits per heavy atom. The Morgan fingerprint density at radius 3 is 3.11 bits per heavy atom. The molecule has 1 aromatic rings. The van der Waals surface area contributed by atoms with Gasteiger partial charge in [-0.2, -0.15) is 4.98 Å². The van der Waals surface area contributed by atoms with Gasteiger partial charge >= 0.3 is 0 Å². The maximum Gasteiger partial charge on any atom is 0.224 e. The molecule has 2 unspecified atom stereocenters. The van der Waals surface area contributed by atoms with Crippen LogP contribution in [0.25, 0.3) is 0 Å². The maximum absolute atomic E-state index is 5.98. The molecule has 98 valence electrons. The Labute approximate surface area is 112 Å². The van der Waals surface area contributed by atoms with Crippen LogP contribution in [0.15, 0.2) is 6.20 Å². The third kappa shape index (κ3) is 2.01. The fourth-order valence-corrected chi connectivity index (χ4v) is 3.20. The van der Waals surface area contributed by atoms with E-state index in [1.807, 2.05) is 0 Å². The van der Waals surface area contributed by atoms with Crippen LogP contribution in [0.4, 0.5) is 11.5 Å². The van der Waals surface area contributed by atoms with Gasteiger partial charge in [0, 0.05) is 25.2 Å². The monoisotopic (exact) mass is 267 g/mol. The van der Waals surface area contributed by atoms with Gasteiger partial charge in [-0.3, -0.25) is 4.90 Å². The smallest absolute Gasteiger partial charge is 0.224 e. The number of piperazine rings is 1. The van der Waals surface area contributed by atoms with Gasteiger partial charge < -0.3 is 10.6 Å². The highest BCUT2D eigenvalue weighted by Gasteiger charge is 2.35. The molecular formula is C12H18ClN5. The highest BCUT2D eigenvalue weighted by atomic mass is 35.5. The molecule has 0 aliphatic carbocycles. The fraction of sp³-hybridized carbons (Fsp3) is 0.667. The number of rotatable bonds is 1. The van der Waals surface area contributed by atoms with Crippen LogP contribution < -0.4 is 10.6 Å². The van der Waals surface area contributed by atoms with Crippen molar-refractivity contribution in [2.75, 3.05) is 30.3 Å². The molecule has 2 N–H and O–H groups in total. The second-order valence-corrected chi connectivity index (χ2v) is 5.55. The predicted octanol–water partition coefficient (Wildman–Crippen LogP) is 1.39. The first-order valence-electron chi connectivity index (χ1n) is 6.44. The van der Waals surface area contributed by atoms with Gasteiger partial charge in [0.1, 0.15) is 0 Å². The highest BCUT2D eigenvalue weighted by Crippen LogP contribution is 2.30. The first-order chi connectivity index (χ1) is 8.65. The predicted molar refractivity (Wildman–Crippen MR) is 72.9 cm³/mol. The van der Waals surface area contributed by atoms with E-state index in [0.29, 0.717) is 17.8 Å². The highest BCUT2D eigenvalue weighted by molar-refractivity contribution is 6.28. The second-order valence-electron chi connectivity index (χ2n) is 5.21. The molecule has 3 heterocycles. The van der Waals surface area contributed by atoms with Crippen molar-refractivity contribution in [3.05, 3.63) is 11.5 Å². The van der Waals surface area contributed by atoms with Crippen LogP contribution in [0.2, 0.25) is 5.28 Å². The van der Waals surface area contributed by atoms with Crippen molar-refractivity contribution in [1.29, 1.82) is 0 Å². The van der Waals surface area contributed by atoms with Crippen LogP contribution in [-0.2, 0) is 0 Å². The first kappa shape index (κ1) is 12.0. The topological polar surface area (TPSA) is 58.3 Å². The summed E-state index contributed by atoms with van der Waals surface area (Å²) in [4.78, 5) is 13.1. The van der Waals surface area contributed by atoms with Crippen LogP contribution in [0.5, 0.6) is 0 Å². The average molecular weight is 268 g/mol. The van der Waals surface area contributed by atoms with E-state index >= 15 is 0 Å². The summed E-state index contributed by atoms with van der Waals surface area (Å²) < 4.78 is 0. The lowest BCUT2D eigenvalue weighted by molar-refractivity contribution is 0.202. The average Bonchev–Trinajstić information content (AvgIpc) is 2.78. The van der Waals surface area contributed by atoms with Crippen molar-refractivity contribution in [3.63, 3.8) is 0 Å². The maximum atomic E-state index is 5.98. The molecule has 1 aromatic heterocycles. The van der Waals surface area contributed by atoms with E-state index < -0.39 is 0 Å². The Hall–Kier alpha value is -1.07. The van der Waals surface area contributed by atoms with Crippen LogP contribution in [0, 0.1) is 0 Å². The number of nitrogens with zero attached hydrogens (tertiary/aromatic N) is 4. The first-order valence-corrected chi connectivity index (χ1v) is 6.81. The van der Waals surface area contributed by atoms with Crippen molar-refractivity contribution < 1.29 is 0 Å². The third-order valence-corrected chi connectivity index (χ3v) is 4.16. The molecule has 18 heavy (non-hydrogen) atoms.